The summed E-state index contributed by atoms with van der Waals surface area (Å²) in [6.45, 7) is 6.30. The monoisotopic (exact) mass is 417 g/mol. The lowest BCUT2D eigenvalue weighted by atomic mass is 10.1. The van der Waals surface area contributed by atoms with Crippen molar-refractivity contribution in [2.24, 2.45) is 0 Å². The van der Waals surface area contributed by atoms with Crippen molar-refractivity contribution in [1.82, 2.24) is 14.9 Å². The molecule has 1 amide bonds. The number of ether oxygens (including phenoxy) is 1. The second-order valence-corrected chi connectivity index (χ2v) is 8.21. The molecule has 7 nitrogen and oxygen atoms in total. The van der Waals surface area contributed by atoms with Gasteiger partial charge < -0.3 is 19.9 Å². The van der Waals surface area contributed by atoms with Crippen molar-refractivity contribution in [2.75, 3.05) is 43.1 Å². The molecule has 5 rings (SSSR count). The van der Waals surface area contributed by atoms with E-state index in [2.05, 4.69) is 41.4 Å². The lowest BCUT2D eigenvalue weighted by Crippen LogP contribution is -2.38. The minimum atomic E-state index is -0.291. The van der Waals surface area contributed by atoms with Crippen LogP contribution in [0.2, 0.25) is 0 Å². The summed E-state index contributed by atoms with van der Waals surface area (Å²) >= 11 is 0. The van der Waals surface area contributed by atoms with Crippen molar-refractivity contribution < 1.29 is 9.53 Å². The number of anilines is 2. The zero-order valence-corrected chi connectivity index (χ0v) is 17.8. The third-order valence-electron chi connectivity index (χ3n) is 5.97. The fourth-order valence-electron chi connectivity index (χ4n) is 4.19. The highest BCUT2D eigenvalue weighted by Gasteiger charge is 2.33. The summed E-state index contributed by atoms with van der Waals surface area (Å²) in [7, 11) is 0. The molecule has 0 aliphatic carbocycles. The van der Waals surface area contributed by atoms with Crippen molar-refractivity contribution >= 4 is 28.6 Å². The molecule has 7 heteroatoms. The third-order valence-corrected chi connectivity index (χ3v) is 5.97. The first-order chi connectivity index (χ1) is 15.2. The van der Waals surface area contributed by atoms with E-state index in [1.807, 2.05) is 29.2 Å². The smallest absolute Gasteiger partial charge is 0.245 e. The van der Waals surface area contributed by atoms with Crippen LogP contribution in [0.4, 0.5) is 11.6 Å². The Morgan fingerprint density at radius 2 is 1.71 bits per heavy atom. The van der Waals surface area contributed by atoms with E-state index in [9.17, 15) is 4.79 Å². The number of nitrogens with zero attached hydrogens (tertiary/aromatic N) is 4. The van der Waals surface area contributed by atoms with Crippen LogP contribution in [0.3, 0.4) is 0 Å². The minimum absolute atomic E-state index is 0.114. The zero-order chi connectivity index (χ0) is 21.2. The number of likely N-dealkylation sites (tertiary alicyclic amines) is 1. The van der Waals surface area contributed by atoms with E-state index >= 15 is 0 Å². The molecular weight excluding hydrogens is 390 g/mol. The Bertz CT molecular complexity index is 1080. The van der Waals surface area contributed by atoms with Gasteiger partial charge in [-0.2, -0.15) is 0 Å². The van der Waals surface area contributed by atoms with E-state index in [1.165, 1.54) is 5.56 Å². The van der Waals surface area contributed by atoms with Crippen LogP contribution in [0.15, 0.2) is 48.5 Å². The Morgan fingerprint density at radius 3 is 2.45 bits per heavy atom. The molecule has 0 radical (unpaired) electrons. The number of carbonyl (C=O) groups excluding carboxylic acids is 1. The quantitative estimate of drug-likeness (QED) is 0.688. The summed E-state index contributed by atoms with van der Waals surface area (Å²) in [4.78, 5) is 26.9. The molecule has 0 saturated carbocycles. The molecular formula is C24H27N5O2. The Morgan fingerprint density at radius 1 is 1.00 bits per heavy atom. The van der Waals surface area contributed by atoms with Gasteiger partial charge in [-0.1, -0.05) is 42.0 Å². The molecule has 31 heavy (non-hydrogen) atoms. The van der Waals surface area contributed by atoms with E-state index in [4.69, 9.17) is 14.7 Å². The average molecular weight is 418 g/mol. The molecule has 0 bridgehead atoms. The maximum absolute atomic E-state index is 13.1. The predicted octanol–water partition coefficient (Wildman–Crippen LogP) is 2.99. The zero-order valence-electron chi connectivity index (χ0n) is 17.8. The number of amides is 1. The molecule has 1 N–H and O–H groups in total. The van der Waals surface area contributed by atoms with Gasteiger partial charge in [-0.15, -0.1) is 0 Å². The van der Waals surface area contributed by atoms with Crippen molar-refractivity contribution in [2.45, 2.75) is 25.9 Å². The first-order valence-electron chi connectivity index (χ1n) is 10.9. The highest BCUT2D eigenvalue weighted by Crippen LogP contribution is 2.28. The molecule has 0 spiro atoms. The average Bonchev–Trinajstić information content (AvgIpc) is 3.14. The van der Waals surface area contributed by atoms with Gasteiger partial charge in [-0.3, -0.25) is 4.79 Å². The number of aromatic nitrogens is 2. The van der Waals surface area contributed by atoms with Gasteiger partial charge in [-0.25, -0.2) is 9.97 Å². The number of morpholine rings is 1. The molecule has 160 valence electrons. The summed E-state index contributed by atoms with van der Waals surface area (Å²) in [6.07, 6.45) is 0.752. The van der Waals surface area contributed by atoms with E-state index < -0.39 is 0 Å². The first-order valence-corrected chi connectivity index (χ1v) is 10.9. The van der Waals surface area contributed by atoms with Gasteiger partial charge in [-0.05, 0) is 31.0 Å². The first kappa shape index (κ1) is 19.8. The fraction of sp³-hybridized carbons (Fsp3) is 0.375. The van der Waals surface area contributed by atoms with Crippen molar-refractivity contribution in [3.05, 3.63) is 59.7 Å². The molecule has 3 aromatic rings. The number of fused-ring (bicyclic) bond motifs is 1. The normalized spacial score (nSPS) is 19.3. The summed E-state index contributed by atoms with van der Waals surface area (Å²) < 4.78 is 5.51. The molecule has 2 aliphatic rings. The van der Waals surface area contributed by atoms with Gasteiger partial charge >= 0.3 is 0 Å². The van der Waals surface area contributed by atoms with Gasteiger partial charge in [0.05, 0.1) is 24.2 Å². The predicted molar refractivity (Wildman–Crippen MR) is 121 cm³/mol. The molecule has 1 aromatic heterocycles. The molecule has 2 aromatic carbocycles. The van der Waals surface area contributed by atoms with Crippen LogP contribution >= 0.6 is 0 Å². The maximum atomic E-state index is 13.1. The summed E-state index contributed by atoms with van der Waals surface area (Å²) in [5.41, 5.74) is 4.05. The van der Waals surface area contributed by atoms with Crippen molar-refractivity contribution in [3.8, 4) is 0 Å². The number of para-hydroxylation sites is 2. The van der Waals surface area contributed by atoms with Crippen LogP contribution in [0, 0.1) is 6.92 Å². The van der Waals surface area contributed by atoms with Gasteiger partial charge in [0.1, 0.15) is 6.04 Å². The number of nitrogens with one attached hydrogen (secondary N) is 1. The molecule has 3 heterocycles. The van der Waals surface area contributed by atoms with Gasteiger partial charge in [0, 0.05) is 26.2 Å². The Balaban J connectivity index is 1.38. The second-order valence-electron chi connectivity index (χ2n) is 8.21. The van der Waals surface area contributed by atoms with Gasteiger partial charge in [0.2, 0.25) is 5.91 Å². The Labute approximate surface area is 182 Å². The Hall–Kier alpha value is -3.19. The topological polar surface area (TPSA) is 70.6 Å². The van der Waals surface area contributed by atoms with E-state index in [-0.39, 0.29) is 11.9 Å². The second kappa shape index (κ2) is 8.51. The fourth-order valence-corrected chi connectivity index (χ4v) is 4.19. The molecule has 1 atom stereocenters. The number of hydrogen-bond donors (Lipinski definition) is 1. The lowest BCUT2D eigenvalue weighted by Gasteiger charge is -2.29. The van der Waals surface area contributed by atoms with E-state index in [0.29, 0.717) is 25.6 Å². The van der Waals surface area contributed by atoms with Crippen LogP contribution in [0.1, 0.15) is 17.5 Å². The van der Waals surface area contributed by atoms with Gasteiger partial charge in [0.15, 0.2) is 11.6 Å². The lowest BCUT2D eigenvalue weighted by molar-refractivity contribution is -0.128. The highest BCUT2D eigenvalue weighted by molar-refractivity contribution is 5.88. The third kappa shape index (κ3) is 4.18. The van der Waals surface area contributed by atoms with Gasteiger partial charge in [0.25, 0.3) is 0 Å². The molecule has 2 fully saturated rings. The largest absolute Gasteiger partial charge is 0.378 e. The minimum Gasteiger partial charge on any atom is -0.378 e. The summed E-state index contributed by atoms with van der Waals surface area (Å²) in [5.74, 6) is 1.59. The van der Waals surface area contributed by atoms with Crippen LogP contribution in [-0.4, -0.2) is 59.7 Å². The standard InChI is InChI=1S/C24H27N5O2/c1-17-6-8-18(9-7-17)16-29-11-10-21(24(29)30)26-22-23(28-12-14-31-15-13-28)27-20-5-3-2-4-19(20)25-22/h2-9,21H,10-16H2,1H3,(H,25,26). The highest BCUT2D eigenvalue weighted by atomic mass is 16.5. The summed E-state index contributed by atoms with van der Waals surface area (Å²) in [5, 5.41) is 3.43. The van der Waals surface area contributed by atoms with Crippen LogP contribution < -0.4 is 10.2 Å². The van der Waals surface area contributed by atoms with Crippen molar-refractivity contribution in [1.29, 1.82) is 0 Å². The SMILES string of the molecule is Cc1ccc(CN2CCC(Nc3nc4ccccc4nc3N3CCOCC3)C2=O)cc1. The maximum Gasteiger partial charge on any atom is 0.245 e. The summed E-state index contributed by atoms with van der Waals surface area (Å²) in [6, 6.07) is 15.9. The molecule has 2 aliphatic heterocycles. The van der Waals surface area contributed by atoms with E-state index in [1.54, 1.807) is 0 Å². The van der Waals surface area contributed by atoms with Crippen LogP contribution in [0.5, 0.6) is 0 Å². The number of benzene rings is 2. The number of hydrogen-bond acceptors (Lipinski definition) is 6. The number of carbonyl (C=O) groups is 1. The van der Waals surface area contributed by atoms with Crippen LogP contribution in [0.25, 0.3) is 11.0 Å². The molecule has 1 unspecified atom stereocenters. The molecule has 2 saturated heterocycles. The number of rotatable bonds is 5. The van der Waals surface area contributed by atoms with E-state index in [0.717, 1.165) is 48.5 Å². The number of aryl methyl sites for hydroxylation is 1. The Kier molecular flexibility index (Phi) is 5.42. The van der Waals surface area contributed by atoms with Crippen molar-refractivity contribution in [3.63, 3.8) is 0 Å². The van der Waals surface area contributed by atoms with Crippen LogP contribution in [-0.2, 0) is 16.1 Å².